The second kappa shape index (κ2) is 6.97. The molecule has 0 unspecified atom stereocenters. The standard InChI is InChI=1S/C13H15N3O3S/c1-2-14-6-10-5-12(16(17)18)3-4-13(10)19-7-11-8-20-9-15-11/h3-5,8-9,14H,2,6-7H2,1H3. The molecule has 6 nitrogen and oxygen atoms in total. The smallest absolute Gasteiger partial charge is 0.270 e. The number of aromatic nitrogens is 1. The Morgan fingerprint density at radius 1 is 1.50 bits per heavy atom. The minimum atomic E-state index is -0.403. The third kappa shape index (κ3) is 3.75. The summed E-state index contributed by atoms with van der Waals surface area (Å²) in [6.45, 7) is 3.66. The van der Waals surface area contributed by atoms with Crippen molar-refractivity contribution < 1.29 is 9.66 Å². The lowest BCUT2D eigenvalue weighted by Crippen LogP contribution is -2.13. The highest BCUT2D eigenvalue weighted by Crippen LogP contribution is 2.25. The second-order valence-electron chi connectivity index (χ2n) is 4.10. The van der Waals surface area contributed by atoms with Gasteiger partial charge < -0.3 is 10.1 Å². The highest BCUT2D eigenvalue weighted by Gasteiger charge is 2.12. The van der Waals surface area contributed by atoms with Gasteiger partial charge in [-0.1, -0.05) is 6.92 Å². The summed E-state index contributed by atoms with van der Waals surface area (Å²) in [5.41, 5.74) is 3.44. The number of benzene rings is 1. The first-order valence-corrected chi connectivity index (χ1v) is 7.13. The lowest BCUT2D eigenvalue weighted by Gasteiger charge is -2.11. The highest BCUT2D eigenvalue weighted by molar-refractivity contribution is 7.07. The Morgan fingerprint density at radius 2 is 2.35 bits per heavy atom. The Kier molecular flexibility index (Phi) is 5.03. The van der Waals surface area contributed by atoms with Gasteiger partial charge in [-0.25, -0.2) is 4.98 Å². The summed E-state index contributed by atoms with van der Waals surface area (Å²) in [6.07, 6.45) is 0. The van der Waals surface area contributed by atoms with Crippen molar-refractivity contribution in [2.45, 2.75) is 20.1 Å². The van der Waals surface area contributed by atoms with Gasteiger partial charge in [0.15, 0.2) is 0 Å². The molecule has 1 N–H and O–H groups in total. The van der Waals surface area contributed by atoms with Crippen LogP contribution in [-0.4, -0.2) is 16.5 Å². The molecule has 20 heavy (non-hydrogen) atoms. The van der Waals surface area contributed by atoms with Gasteiger partial charge in [-0.3, -0.25) is 10.1 Å². The van der Waals surface area contributed by atoms with Crippen LogP contribution in [0.1, 0.15) is 18.2 Å². The van der Waals surface area contributed by atoms with Crippen LogP contribution in [0.5, 0.6) is 5.75 Å². The number of rotatable bonds is 7. The van der Waals surface area contributed by atoms with E-state index < -0.39 is 4.92 Å². The quantitative estimate of drug-likeness (QED) is 0.627. The van der Waals surface area contributed by atoms with Gasteiger partial charge in [0.05, 0.1) is 16.1 Å². The molecule has 0 fully saturated rings. The van der Waals surface area contributed by atoms with E-state index in [4.69, 9.17) is 4.74 Å². The van der Waals surface area contributed by atoms with E-state index in [1.807, 2.05) is 12.3 Å². The zero-order valence-electron chi connectivity index (χ0n) is 11.0. The predicted octanol–water partition coefficient (Wildman–Crippen LogP) is 2.74. The van der Waals surface area contributed by atoms with Crippen molar-refractivity contribution in [2.24, 2.45) is 0 Å². The van der Waals surface area contributed by atoms with Crippen LogP contribution < -0.4 is 10.1 Å². The van der Waals surface area contributed by atoms with Crippen LogP contribution in [0.4, 0.5) is 5.69 Å². The number of nitro benzene ring substituents is 1. The average molecular weight is 293 g/mol. The van der Waals surface area contributed by atoms with Gasteiger partial charge in [0.2, 0.25) is 0 Å². The van der Waals surface area contributed by atoms with E-state index >= 15 is 0 Å². The number of hydrogen-bond acceptors (Lipinski definition) is 6. The summed E-state index contributed by atoms with van der Waals surface area (Å²) in [5.74, 6) is 0.643. The zero-order valence-corrected chi connectivity index (χ0v) is 11.9. The number of ether oxygens (including phenoxy) is 1. The maximum absolute atomic E-state index is 10.8. The molecule has 0 aliphatic rings. The number of hydrogen-bond donors (Lipinski definition) is 1. The predicted molar refractivity (Wildman–Crippen MR) is 76.9 cm³/mol. The maximum atomic E-state index is 10.8. The zero-order chi connectivity index (χ0) is 14.4. The normalized spacial score (nSPS) is 10.4. The summed E-state index contributed by atoms with van der Waals surface area (Å²) in [4.78, 5) is 14.6. The van der Waals surface area contributed by atoms with Crippen molar-refractivity contribution in [3.05, 3.63) is 50.5 Å². The number of thiazole rings is 1. The molecule has 0 amide bonds. The third-order valence-corrected chi connectivity index (χ3v) is 3.31. The molecule has 1 aromatic heterocycles. The molecule has 0 saturated carbocycles. The molecule has 2 aromatic rings. The molecule has 0 radical (unpaired) electrons. The fourth-order valence-electron chi connectivity index (χ4n) is 1.68. The molecular weight excluding hydrogens is 278 g/mol. The van der Waals surface area contributed by atoms with Crippen molar-refractivity contribution in [1.29, 1.82) is 0 Å². The molecule has 0 saturated heterocycles. The second-order valence-corrected chi connectivity index (χ2v) is 4.82. The first kappa shape index (κ1) is 14.4. The number of nitrogens with zero attached hydrogens (tertiary/aromatic N) is 2. The molecule has 1 heterocycles. The lowest BCUT2D eigenvalue weighted by molar-refractivity contribution is -0.384. The van der Waals surface area contributed by atoms with E-state index in [0.717, 1.165) is 17.8 Å². The monoisotopic (exact) mass is 293 g/mol. The van der Waals surface area contributed by atoms with E-state index in [-0.39, 0.29) is 5.69 Å². The van der Waals surface area contributed by atoms with Gasteiger partial charge in [0, 0.05) is 29.6 Å². The van der Waals surface area contributed by atoms with Crippen molar-refractivity contribution in [3.8, 4) is 5.75 Å². The Labute approximate surface area is 120 Å². The Morgan fingerprint density at radius 3 is 3.00 bits per heavy atom. The van der Waals surface area contributed by atoms with E-state index in [9.17, 15) is 10.1 Å². The first-order chi connectivity index (χ1) is 9.70. The molecule has 0 aliphatic heterocycles. The number of nitro groups is 1. The molecule has 0 atom stereocenters. The van der Waals surface area contributed by atoms with Crippen molar-refractivity contribution in [1.82, 2.24) is 10.3 Å². The third-order valence-electron chi connectivity index (χ3n) is 2.68. The largest absolute Gasteiger partial charge is 0.487 e. The van der Waals surface area contributed by atoms with E-state index in [1.54, 1.807) is 17.6 Å². The first-order valence-electron chi connectivity index (χ1n) is 6.18. The van der Waals surface area contributed by atoms with Crippen LogP contribution in [0, 0.1) is 10.1 Å². The van der Waals surface area contributed by atoms with E-state index in [0.29, 0.717) is 18.9 Å². The molecule has 2 rings (SSSR count). The molecule has 7 heteroatoms. The summed E-state index contributed by atoms with van der Waals surface area (Å²) < 4.78 is 5.69. The van der Waals surface area contributed by atoms with Crippen molar-refractivity contribution in [2.75, 3.05) is 6.54 Å². The Balaban J connectivity index is 2.14. The summed E-state index contributed by atoms with van der Waals surface area (Å²) in [6, 6.07) is 4.63. The van der Waals surface area contributed by atoms with Gasteiger partial charge >= 0.3 is 0 Å². The van der Waals surface area contributed by atoms with Crippen LogP contribution >= 0.6 is 11.3 Å². The van der Waals surface area contributed by atoms with Crippen molar-refractivity contribution in [3.63, 3.8) is 0 Å². The van der Waals surface area contributed by atoms with Crippen LogP contribution in [0.2, 0.25) is 0 Å². The number of non-ortho nitro benzene ring substituents is 1. The topological polar surface area (TPSA) is 77.3 Å². The van der Waals surface area contributed by atoms with E-state index in [1.165, 1.54) is 17.4 Å². The van der Waals surface area contributed by atoms with Gasteiger partial charge in [0.1, 0.15) is 12.4 Å². The van der Waals surface area contributed by atoms with Gasteiger partial charge in [-0.05, 0) is 12.6 Å². The van der Waals surface area contributed by atoms with Crippen LogP contribution in [0.3, 0.4) is 0 Å². The van der Waals surface area contributed by atoms with Crippen molar-refractivity contribution >= 4 is 17.0 Å². The minimum absolute atomic E-state index is 0.0684. The van der Waals surface area contributed by atoms with Gasteiger partial charge in [-0.2, -0.15) is 0 Å². The fourth-order valence-corrected chi connectivity index (χ4v) is 2.22. The van der Waals surface area contributed by atoms with Crippen LogP contribution in [0.15, 0.2) is 29.1 Å². The minimum Gasteiger partial charge on any atom is -0.487 e. The Bertz CT molecular complexity index is 572. The molecule has 0 spiro atoms. The van der Waals surface area contributed by atoms with Crippen LogP contribution in [0.25, 0.3) is 0 Å². The number of nitrogens with one attached hydrogen (secondary N) is 1. The molecule has 0 aliphatic carbocycles. The summed E-state index contributed by atoms with van der Waals surface area (Å²) in [7, 11) is 0. The summed E-state index contributed by atoms with van der Waals surface area (Å²) in [5, 5.41) is 15.9. The van der Waals surface area contributed by atoms with E-state index in [2.05, 4.69) is 10.3 Å². The molecule has 1 aromatic carbocycles. The SMILES string of the molecule is CCNCc1cc([N+](=O)[O-])ccc1OCc1cscn1. The Hall–Kier alpha value is -1.99. The van der Waals surface area contributed by atoms with Crippen LogP contribution in [-0.2, 0) is 13.2 Å². The fraction of sp³-hybridized carbons (Fsp3) is 0.308. The van der Waals surface area contributed by atoms with Gasteiger partial charge in [0.25, 0.3) is 5.69 Å². The molecule has 106 valence electrons. The molecular formula is C13H15N3O3S. The highest BCUT2D eigenvalue weighted by atomic mass is 32.1. The molecule has 0 bridgehead atoms. The average Bonchev–Trinajstić information content (AvgIpc) is 2.96. The lowest BCUT2D eigenvalue weighted by atomic mass is 10.1. The maximum Gasteiger partial charge on any atom is 0.270 e. The summed E-state index contributed by atoms with van der Waals surface area (Å²) >= 11 is 1.51. The van der Waals surface area contributed by atoms with Gasteiger partial charge in [-0.15, -0.1) is 11.3 Å².